The number of hydrogen-bond acceptors (Lipinski definition) is 10. The number of amides is 1. The third-order valence-corrected chi connectivity index (χ3v) is 12.5. The molecule has 5 rings (SSSR count). The Balaban J connectivity index is 1.36. The average molecular weight is 644 g/mol. The molecule has 0 unspecified atom stereocenters. The van der Waals surface area contributed by atoms with Crippen molar-refractivity contribution >= 4 is 25.3 Å². The number of carbonyl (C=O) groups is 1. The molecule has 12 heteroatoms. The van der Waals surface area contributed by atoms with Gasteiger partial charge in [0.25, 0.3) is 5.91 Å². The molecule has 0 atom stereocenters. The Morgan fingerprint density at radius 1 is 1.17 bits per heavy atom. The highest BCUT2D eigenvalue weighted by atomic mass is 28.4. The molecule has 0 saturated carbocycles. The maximum Gasteiger partial charge on any atom is 0.255 e. The molecule has 1 amide bonds. The van der Waals surface area contributed by atoms with Gasteiger partial charge in [-0.2, -0.15) is 5.26 Å². The third-order valence-electron chi connectivity index (χ3n) is 8.97. The van der Waals surface area contributed by atoms with E-state index < -0.39 is 8.32 Å². The largest absolute Gasteiger partial charge is 0.494 e. The Morgan fingerprint density at radius 2 is 1.93 bits per heavy atom. The maximum atomic E-state index is 13.3. The van der Waals surface area contributed by atoms with Crippen LogP contribution in [-0.4, -0.2) is 78.9 Å². The zero-order valence-corrected chi connectivity index (χ0v) is 28.3. The van der Waals surface area contributed by atoms with Crippen LogP contribution >= 0.6 is 0 Å². The van der Waals surface area contributed by atoms with Crippen molar-refractivity contribution in [3.8, 4) is 40.3 Å². The van der Waals surface area contributed by atoms with Crippen LogP contribution in [0.1, 0.15) is 55.6 Å². The molecular weight excluding hydrogens is 602 g/mol. The summed E-state index contributed by atoms with van der Waals surface area (Å²) in [6, 6.07) is 10.9. The van der Waals surface area contributed by atoms with E-state index in [1.807, 2.05) is 13.1 Å². The topological polar surface area (TPSA) is 144 Å². The number of furan rings is 1. The Hall–Kier alpha value is -4.31. The summed E-state index contributed by atoms with van der Waals surface area (Å²) in [4.78, 5) is 39.1. The van der Waals surface area contributed by atoms with Crippen LogP contribution in [0.3, 0.4) is 0 Å². The number of ether oxygens (including phenoxy) is 3. The van der Waals surface area contributed by atoms with Gasteiger partial charge in [-0.1, -0.05) is 13.8 Å². The van der Waals surface area contributed by atoms with Crippen molar-refractivity contribution in [2.45, 2.75) is 63.8 Å². The van der Waals surface area contributed by atoms with E-state index in [4.69, 9.17) is 18.6 Å². The SMILES string of the molecule is COc1cc(C(=O)N(C)CCCC(C)(C)[Si](C)(C)O)cnc1-c1cc2nccc(-c3ccc(OC4CCOCC4)c(C#N)n3)c2o1. The molecule has 4 aromatic rings. The van der Waals surface area contributed by atoms with Gasteiger partial charge in [0.05, 0.1) is 31.6 Å². The quantitative estimate of drug-likeness (QED) is 0.187. The van der Waals surface area contributed by atoms with Crippen molar-refractivity contribution < 1.29 is 28.2 Å². The molecule has 46 heavy (non-hydrogen) atoms. The summed E-state index contributed by atoms with van der Waals surface area (Å²) in [5, 5.41) is 9.68. The summed E-state index contributed by atoms with van der Waals surface area (Å²) in [6.45, 7) is 9.89. The van der Waals surface area contributed by atoms with Crippen LogP contribution in [0, 0.1) is 11.3 Å². The number of nitriles is 1. The number of methoxy groups -OCH3 is 1. The fraction of sp³-hybridized carbons (Fsp3) is 0.441. The normalized spacial score (nSPS) is 14.2. The summed E-state index contributed by atoms with van der Waals surface area (Å²) in [5.41, 5.74) is 3.27. The number of pyridine rings is 3. The fourth-order valence-corrected chi connectivity index (χ4v) is 6.08. The van der Waals surface area contributed by atoms with Crippen molar-refractivity contribution in [2.24, 2.45) is 0 Å². The number of nitrogens with zero attached hydrogens (tertiary/aromatic N) is 5. The van der Waals surface area contributed by atoms with Gasteiger partial charge in [-0.25, -0.2) is 9.97 Å². The van der Waals surface area contributed by atoms with Crippen molar-refractivity contribution in [2.75, 3.05) is 33.9 Å². The molecule has 5 heterocycles. The molecule has 0 aliphatic carbocycles. The molecule has 242 valence electrons. The molecule has 1 saturated heterocycles. The van der Waals surface area contributed by atoms with Gasteiger partial charge in [0, 0.05) is 50.5 Å². The second-order valence-corrected chi connectivity index (χ2v) is 17.3. The number of fused-ring (bicyclic) bond motifs is 1. The first-order valence-electron chi connectivity index (χ1n) is 15.5. The molecule has 0 radical (unpaired) electrons. The van der Waals surface area contributed by atoms with Crippen LogP contribution in [0.2, 0.25) is 18.1 Å². The molecule has 0 bridgehead atoms. The zero-order chi connectivity index (χ0) is 33.1. The monoisotopic (exact) mass is 643 g/mol. The first-order chi connectivity index (χ1) is 21.9. The number of carbonyl (C=O) groups excluding carboxylic acids is 1. The van der Waals surface area contributed by atoms with E-state index in [0.717, 1.165) is 25.7 Å². The summed E-state index contributed by atoms with van der Waals surface area (Å²) < 4.78 is 23.4. The number of aromatic nitrogens is 3. The zero-order valence-electron chi connectivity index (χ0n) is 27.3. The lowest BCUT2D eigenvalue weighted by Gasteiger charge is -2.35. The lowest BCUT2D eigenvalue weighted by atomic mass is 10.1. The van der Waals surface area contributed by atoms with Crippen molar-refractivity contribution in [1.82, 2.24) is 19.9 Å². The number of hydrogen-bond donors (Lipinski definition) is 1. The number of rotatable bonds is 11. The van der Waals surface area contributed by atoms with Gasteiger partial charge in [0.15, 0.2) is 31.1 Å². The predicted molar refractivity (Wildman–Crippen MR) is 176 cm³/mol. The molecule has 0 aromatic carbocycles. The highest BCUT2D eigenvalue weighted by Crippen LogP contribution is 2.40. The van der Waals surface area contributed by atoms with Gasteiger partial charge >= 0.3 is 0 Å². The van der Waals surface area contributed by atoms with Crippen LogP contribution in [0.4, 0.5) is 0 Å². The van der Waals surface area contributed by atoms with E-state index in [1.165, 1.54) is 13.3 Å². The van der Waals surface area contributed by atoms with Gasteiger partial charge in [0.2, 0.25) is 0 Å². The Labute approximate surface area is 270 Å². The molecule has 11 nitrogen and oxygen atoms in total. The van der Waals surface area contributed by atoms with Crippen molar-refractivity contribution in [1.29, 1.82) is 5.26 Å². The minimum absolute atomic E-state index is 0.0170. The first-order valence-corrected chi connectivity index (χ1v) is 18.4. The highest BCUT2D eigenvalue weighted by Gasteiger charge is 2.37. The van der Waals surface area contributed by atoms with E-state index in [-0.39, 0.29) is 22.7 Å². The van der Waals surface area contributed by atoms with Crippen LogP contribution in [-0.2, 0) is 4.74 Å². The van der Waals surface area contributed by atoms with E-state index in [2.05, 4.69) is 34.9 Å². The Bertz CT molecular complexity index is 1750. The molecule has 1 N–H and O–H groups in total. The smallest absolute Gasteiger partial charge is 0.255 e. The van der Waals surface area contributed by atoms with E-state index in [9.17, 15) is 14.9 Å². The molecule has 4 aromatic heterocycles. The van der Waals surface area contributed by atoms with Gasteiger partial charge in [-0.15, -0.1) is 0 Å². The molecular formula is C34H41N5O6Si. The average Bonchev–Trinajstić information content (AvgIpc) is 3.48. The first kappa shape index (κ1) is 33.1. The van der Waals surface area contributed by atoms with Gasteiger partial charge in [0.1, 0.15) is 29.1 Å². The Kier molecular flexibility index (Phi) is 9.76. The lowest BCUT2D eigenvalue weighted by Crippen LogP contribution is -2.39. The Morgan fingerprint density at radius 3 is 2.63 bits per heavy atom. The minimum atomic E-state index is -2.32. The summed E-state index contributed by atoms with van der Waals surface area (Å²) >= 11 is 0. The summed E-state index contributed by atoms with van der Waals surface area (Å²) in [7, 11) is 0.964. The van der Waals surface area contributed by atoms with Crippen LogP contribution < -0.4 is 9.47 Å². The summed E-state index contributed by atoms with van der Waals surface area (Å²) in [6.07, 6.45) is 6.29. The maximum absolute atomic E-state index is 13.3. The predicted octanol–water partition coefficient (Wildman–Crippen LogP) is 6.22. The second kappa shape index (κ2) is 13.6. The van der Waals surface area contributed by atoms with E-state index >= 15 is 0 Å². The summed E-state index contributed by atoms with van der Waals surface area (Å²) in [5.74, 6) is 1.07. The third kappa shape index (κ3) is 7.07. The van der Waals surface area contributed by atoms with Gasteiger partial charge in [-0.3, -0.25) is 9.78 Å². The highest BCUT2D eigenvalue weighted by molar-refractivity contribution is 6.72. The molecule has 1 aliphatic rings. The van der Waals surface area contributed by atoms with Crippen molar-refractivity contribution in [3.63, 3.8) is 0 Å². The molecule has 1 aliphatic heterocycles. The van der Waals surface area contributed by atoms with Crippen LogP contribution in [0.25, 0.3) is 33.8 Å². The fourth-order valence-electron chi connectivity index (χ4n) is 5.29. The minimum Gasteiger partial charge on any atom is -0.494 e. The van der Waals surface area contributed by atoms with Crippen LogP contribution in [0.15, 0.2) is 47.1 Å². The van der Waals surface area contributed by atoms with Crippen molar-refractivity contribution in [3.05, 3.63) is 54.0 Å². The van der Waals surface area contributed by atoms with Gasteiger partial charge < -0.3 is 28.3 Å². The van der Waals surface area contributed by atoms with E-state index in [0.29, 0.717) is 70.6 Å². The standard InChI is InChI=1S/C34H41N5O6Si/c1-34(2,46(5,6)41)13-7-15-39(3)33(40)22-18-29(42-4)31(37-21-22)30-19-26-32(45-30)24(10-14-36-26)25-8-9-28(27(20-35)38-25)44-23-11-16-43-17-12-23/h8-10,14,18-19,21,23,41H,7,11-13,15-17H2,1-6H3. The second-order valence-electron chi connectivity index (χ2n) is 12.8. The van der Waals surface area contributed by atoms with E-state index in [1.54, 1.807) is 48.5 Å². The lowest BCUT2D eigenvalue weighted by molar-refractivity contribution is 0.0253. The molecule has 0 spiro atoms. The van der Waals surface area contributed by atoms with Gasteiger partial charge in [-0.05, 0) is 55.2 Å². The molecule has 1 fully saturated rings. The van der Waals surface area contributed by atoms with Crippen LogP contribution in [0.5, 0.6) is 11.5 Å².